The molecular formula is C7H5N4O2S-. The molecule has 0 aliphatic carbocycles. The van der Waals surface area contributed by atoms with Gasteiger partial charge in [-0.15, -0.1) is 5.10 Å². The molecule has 2 aromatic rings. The molecule has 2 rings (SSSR count). The second-order valence-electron chi connectivity index (χ2n) is 2.48. The lowest BCUT2D eigenvalue weighted by Gasteiger charge is -2.05. The van der Waals surface area contributed by atoms with Crippen molar-refractivity contribution in [2.45, 2.75) is 4.90 Å². The first-order valence-electron chi connectivity index (χ1n) is 3.70. The molecule has 14 heavy (non-hydrogen) atoms. The van der Waals surface area contributed by atoms with Crippen LogP contribution in [0.1, 0.15) is 0 Å². The number of hydrogen-bond donors (Lipinski definition) is 0. The minimum absolute atomic E-state index is 0.238. The zero-order chi connectivity index (χ0) is 9.97. The fourth-order valence-corrected chi connectivity index (χ4v) is 1.35. The number of tetrazole rings is 1. The molecule has 0 saturated heterocycles. The van der Waals surface area contributed by atoms with E-state index in [0.717, 1.165) is 0 Å². The quantitative estimate of drug-likeness (QED) is 0.645. The highest BCUT2D eigenvalue weighted by Gasteiger charge is 1.97. The summed E-state index contributed by atoms with van der Waals surface area (Å²) in [6.07, 6.45) is 1.43. The summed E-state index contributed by atoms with van der Waals surface area (Å²) in [6, 6.07) is 6.23. The van der Waals surface area contributed by atoms with Crippen LogP contribution >= 0.6 is 0 Å². The van der Waals surface area contributed by atoms with Crippen molar-refractivity contribution in [3.05, 3.63) is 30.6 Å². The van der Waals surface area contributed by atoms with Crippen LogP contribution in [0.25, 0.3) is 5.69 Å². The summed E-state index contributed by atoms with van der Waals surface area (Å²) in [5.41, 5.74) is 0.712. The number of hydrogen-bond acceptors (Lipinski definition) is 5. The van der Waals surface area contributed by atoms with E-state index in [2.05, 4.69) is 15.5 Å². The fourth-order valence-electron chi connectivity index (χ4n) is 0.990. The number of benzene rings is 1. The monoisotopic (exact) mass is 209 g/mol. The highest BCUT2D eigenvalue weighted by atomic mass is 32.2. The van der Waals surface area contributed by atoms with E-state index >= 15 is 0 Å². The molecule has 1 heterocycles. The SMILES string of the molecule is O=S([O-])c1ccc(-n2cnnn2)cc1. The molecule has 0 aliphatic heterocycles. The zero-order valence-corrected chi connectivity index (χ0v) is 7.72. The third-order valence-corrected chi connectivity index (χ3v) is 2.30. The molecule has 1 aromatic heterocycles. The molecule has 0 radical (unpaired) electrons. The van der Waals surface area contributed by atoms with Crippen molar-refractivity contribution in [3.8, 4) is 5.69 Å². The molecule has 7 heteroatoms. The van der Waals surface area contributed by atoms with Crippen LogP contribution in [0, 0.1) is 0 Å². The minimum atomic E-state index is -2.19. The highest BCUT2D eigenvalue weighted by molar-refractivity contribution is 7.79. The van der Waals surface area contributed by atoms with Crippen molar-refractivity contribution >= 4 is 11.1 Å². The predicted molar refractivity (Wildman–Crippen MR) is 46.3 cm³/mol. The van der Waals surface area contributed by atoms with Gasteiger partial charge in [-0.1, -0.05) is 0 Å². The average molecular weight is 209 g/mol. The normalized spacial score (nSPS) is 12.6. The number of aromatic nitrogens is 4. The van der Waals surface area contributed by atoms with Gasteiger partial charge in [0.25, 0.3) is 0 Å². The van der Waals surface area contributed by atoms with Gasteiger partial charge in [0, 0.05) is 4.90 Å². The van der Waals surface area contributed by atoms with E-state index in [1.807, 2.05) is 0 Å². The Bertz CT molecular complexity index is 439. The van der Waals surface area contributed by atoms with Crippen molar-refractivity contribution in [1.29, 1.82) is 0 Å². The van der Waals surface area contributed by atoms with Gasteiger partial charge in [-0.05, 0) is 45.8 Å². The van der Waals surface area contributed by atoms with Crippen LogP contribution in [0.2, 0.25) is 0 Å². The Morgan fingerprint density at radius 1 is 1.29 bits per heavy atom. The standard InChI is InChI=1S/C7H6N4O2S/c12-14(13)7-3-1-6(2-4-7)11-5-8-9-10-11/h1-5H,(H,12,13)/p-1. The number of rotatable bonds is 2. The maximum Gasteiger partial charge on any atom is 0.143 e. The largest absolute Gasteiger partial charge is 0.768 e. The van der Waals surface area contributed by atoms with Crippen molar-refractivity contribution in [1.82, 2.24) is 20.2 Å². The van der Waals surface area contributed by atoms with Gasteiger partial charge in [0.05, 0.1) is 5.69 Å². The van der Waals surface area contributed by atoms with Gasteiger partial charge in [-0.2, -0.15) is 0 Å². The lowest BCUT2D eigenvalue weighted by Crippen LogP contribution is -1.96. The fraction of sp³-hybridized carbons (Fsp3) is 0. The van der Waals surface area contributed by atoms with E-state index in [4.69, 9.17) is 0 Å². The number of nitrogens with zero attached hydrogens (tertiary/aromatic N) is 4. The van der Waals surface area contributed by atoms with Crippen LogP contribution in [0.15, 0.2) is 35.5 Å². The summed E-state index contributed by atoms with van der Waals surface area (Å²) in [5.74, 6) is 0. The maximum absolute atomic E-state index is 10.6. The minimum Gasteiger partial charge on any atom is -0.768 e. The van der Waals surface area contributed by atoms with E-state index in [0.29, 0.717) is 5.69 Å². The topological polar surface area (TPSA) is 83.7 Å². The van der Waals surface area contributed by atoms with E-state index < -0.39 is 11.1 Å². The molecule has 1 atom stereocenters. The maximum atomic E-state index is 10.6. The molecule has 6 nitrogen and oxygen atoms in total. The van der Waals surface area contributed by atoms with Crippen LogP contribution in [0.5, 0.6) is 0 Å². The first kappa shape index (κ1) is 8.97. The Morgan fingerprint density at radius 3 is 2.50 bits per heavy atom. The third kappa shape index (κ3) is 1.68. The molecule has 0 N–H and O–H groups in total. The lowest BCUT2D eigenvalue weighted by molar-refractivity contribution is 0.537. The zero-order valence-electron chi connectivity index (χ0n) is 6.90. The smallest absolute Gasteiger partial charge is 0.143 e. The Labute approximate surface area is 81.8 Å². The van der Waals surface area contributed by atoms with Gasteiger partial charge < -0.3 is 4.55 Å². The summed E-state index contributed by atoms with van der Waals surface area (Å²) < 4.78 is 22.5. The van der Waals surface area contributed by atoms with Crippen molar-refractivity contribution in [2.24, 2.45) is 0 Å². The van der Waals surface area contributed by atoms with Gasteiger partial charge in [-0.25, -0.2) is 4.68 Å². The lowest BCUT2D eigenvalue weighted by atomic mass is 10.3. The molecule has 1 unspecified atom stereocenters. The molecule has 0 amide bonds. The summed E-state index contributed by atoms with van der Waals surface area (Å²) >= 11 is -2.19. The Kier molecular flexibility index (Phi) is 2.33. The molecule has 0 saturated carbocycles. The van der Waals surface area contributed by atoms with E-state index in [9.17, 15) is 8.76 Å². The average Bonchev–Trinajstić information content (AvgIpc) is 2.71. The first-order valence-corrected chi connectivity index (χ1v) is 4.77. The summed E-state index contributed by atoms with van der Waals surface area (Å²) in [7, 11) is 0. The van der Waals surface area contributed by atoms with Crippen LogP contribution in [0.3, 0.4) is 0 Å². The van der Waals surface area contributed by atoms with Crippen LogP contribution in [0.4, 0.5) is 0 Å². The molecular weight excluding hydrogens is 204 g/mol. The van der Waals surface area contributed by atoms with Crippen LogP contribution in [-0.4, -0.2) is 29.0 Å². The van der Waals surface area contributed by atoms with Crippen molar-refractivity contribution in [3.63, 3.8) is 0 Å². The molecule has 0 spiro atoms. The molecule has 0 fully saturated rings. The Balaban J connectivity index is 2.36. The Morgan fingerprint density at radius 2 is 2.00 bits per heavy atom. The van der Waals surface area contributed by atoms with E-state index in [-0.39, 0.29) is 4.90 Å². The van der Waals surface area contributed by atoms with Gasteiger partial charge in [0.15, 0.2) is 0 Å². The van der Waals surface area contributed by atoms with Crippen molar-refractivity contribution < 1.29 is 8.76 Å². The third-order valence-electron chi connectivity index (χ3n) is 1.64. The summed E-state index contributed by atoms with van der Waals surface area (Å²) in [4.78, 5) is 0.238. The summed E-state index contributed by atoms with van der Waals surface area (Å²) in [5, 5.41) is 10.6. The highest BCUT2D eigenvalue weighted by Crippen LogP contribution is 2.09. The van der Waals surface area contributed by atoms with Crippen LogP contribution < -0.4 is 0 Å². The second-order valence-corrected chi connectivity index (χ2v) is 3.42. The van der Waals surface area contributed by atoms with Gasteiger partial charge in [-0.3, -0.25) is 4.21 Å². The van der Waals surface area contributed by atoms with Gasteiger partial charge >= 0.3 is 0 Å². The van der Waals surface area contributed by atoms with E-state index in [1.54, 1.807) is 12.1 Å². The van der Waals surface area contributed by atoms with Crippen LogP contribution in [-0.2, 0) is 11.1 Å². The summed E-state index contributed by atoms with van der Waals surface area (Å²) in [6.45, 7) is 0. The molecule has 0 aliphatic rings. The molecule has 1 aromatic carbocycles. The first-order chi connectivity index (χ1) is 6.77. The van der Waals surface area contributed by atoms with Crippen molar-refractivity contribution in [2.75, 3.05) is 0 Å². The predicted octanol–water partition coefficient (Wildman–Crippen LogP) is -0.0997. The van der Waals surface area contributed by atoms with Gasteiger partial charge in [0.2, 0.25) is 0 Å². The van der Waals surface area contributed by atoms with E-state index in [1.165, 1.54) is 23.1 Å². The molecule has 0 bridgehead atoms. The second kappa shape index (κ2) is 3.64. The molecule has 72 valence electrons. The van der Waals surface area contributed by atoms with Gasteiger partial charge in [0.1, 0.15) is 6.33 Å². The Hall–Kier alpha value is -1.60.